The summed E-state index contributed by atoms with van der Waals surface area (Å²) in [6.07, 6.45) is 0.781. The van der Waals surface area contributed by atoms with Crippen molar-refractivity contribution >= 4 is 75.7 Å². The van der Waals surface area contributed by atoms with Crippen LogP contribution in [0.3, 0.4) is 0 Å². The Hall–Kier alpha value is -7.32. The Morgan fingerprint density at radius 3 is 1.82 bits per heavy atom. The Bertz CT molecular complexity index is 2650. The number of benzene rings is 2. The van der Waals surface area contributed by atoms with Crippen LogP contribution >= 0.6 is 11.3 Å². The number of nitrogens with zero attached hydrogens (tertiary/aromatic N) is 5. The fourth-order valence-corrected chi connectivity index (χ4v) is 8.92. The molecule has 0 radical (unpaired) electrons. The van der Waals surface area contributed by atoms with Gasteiger partial charge in [0.1, 0.15) is 35.9 Å². The van der Waals surface area contributed by atoms with Crippen LogP contribution in [0.25, 0.3) is 0 Å². The van der Waals surface area contributed by atoms with Crippen LogP contribution in [0, 0.1) is 0 Å². The van der Waals surface area contributed by atoms with E-state index in [0.29, 0.717) is 66.9 Å². The molecule has 1 unspecified atom stereocenters. The predicted molar refractivity (Wildman–Crippen MR) is 277 cm³/mol. The number of aliphatic hydroxyl groups excluding tert-OH is 1. The van der Waals surface area contributed by atoms with Crippen LogP contribution in [-0.2, 0) is 66.6 Å². The number of unbranched alkanes of at least 4 members (excludes halogenated alkanes) is 1. The highest BCUT2D eigenvalue weighted by molar-refractivity contribution is 7.91. The molecule has 0 saturated heterocycles. The number of carbonyl (C=O) groups excluding carboxylic acids is 5. The Kier molecular flexibility index (Phi) is 25.1. The smallest absolute Gasteiger partial charge is 0.326 e. The summed E-state index contributed by atoms with van der Waals surface area (Å²) in [5.41, 5.74) is 1.16. The van der Waals surface area contributed by atoms with Crippen molar-refractivity contribution in [3.8, 4) is 11.5 Å². The van der Waals surface area contributed by atoms with Crippen molar-refractivity contribution in [2.45, 2.75) is 112 Å². The number of aliphatic carboxylic acids is 2. The quantitative estimate of drug-likeness (QED) is 0.0144. The summed E-state index contributed by atoms with van der Waals surface area (Å²) < 4.78 is 34.9. The van der Waals surface area contributed by atoms with E-state index in [9.17, 15) is 67.5 Å². The van der Waals surface area contributed by atoms with Gasteiger partial charge in [0.2, 0.25) is 40.9 Å². The standard InChI is InChI=1S/C46H65BN12O16S2/c1-46(28-8-12-31(60)13-9-28,29-10-14-32(61)15-11-29)17-16-37(63)52-34(41(67)68)25-39(65)53-35(42(69)70)26-38(64)51-33(40(66)49-18-21-74-23-24-75-22-19-50-43(47)71)6-2-3-20-59-27-30(55-58-59)5-4-7-36(62)54-44-56-57-45(76-44)77(48,72)73/h8-15,27,33-36,60-62H,2-7,16-26,47H2,1H3,(H,49,66)(H,50,71)(H,51,64)(H,52,63)(H,53,65)(H,54,56)(H,67,68)(H,69,70)(H2,48,72,73)/t33-,34-,35-,36?/m0/s1. The number of aromatic hydroxyl groups is 2. The number of anilines is 1. The number of nitrogens with two attached hydrogens (primary N) is 1. The SMILES string of the molecule is BC(=O)NCCOCCOCCNC(=O)[C@H](CCCCn1cc(CCCC(O)Nc2nnc(S(N)(=O)=O)s2)nn1)NC(=O)C[C@H](NC(=O)C[C@H](NC(=O)CCC(C)(c1ccc(O)cc1)c1ccc(O)cc1)C(=O)O)C(=O)O. The first-order valence-electron chi connectivity index (χ1n) is 24.3. The molecule has 0 fully saturated rings. The van der Waals surface area contributed by atoms with Crippen molar-refractivity contribution < 1.29 is 77.0 Å². The molecule has 0 bridgehead atoms. The van der Waals surface area contributed by atoms with E-state index in [1.54, 1.807) is 35.1 Å². The summed E-state index contributed by atoms with van der Waals surface area (Å²) in [5.74, 6) is -6.81. The first kappa shape index (κ1) is 62.2. The zero-order valence-electron chi connectivity index (χ0n) is 42.4. The van der Waals surface area contributed by atoms with Gasteiger partial charge in [-0.1, -0.05) is 47.7 Å². The van der Waals surface area contributed by atoms with Gasteiger partial charge in [0.15, 0.2) is 5.81 Å². The average molecular weight is 1120 g/mol. The lowest BCUT2D eigenvalue weighted by Crippen LogP contribution is -2.51. The Balaban J connectivity index is 1.30. The summed E-state index contributed by atoms with van der Waals surface area (Å²) in [7, 11) is -2.65. The first-order chi connectivity index (χ1) is 36.5. The van der Waals surface area contributed by atoms with Gasteiger partial charge in [-0.15, -0.1) is 15.3 Å². The summed E-state index contributed by atoms with van der Waals surface area (Å²) in [6.45, 7) is 3.28. The average Bonchev–Trinajstić information content (AvgIpc) is 4.04. The number of aromatic nitrogens is 5. The maximum Gasteiger partial charge on any atom is 0.326 e. The van der Waals surface area contributed by atoms with Gasteiger partial charge in [0.05, 0.1) is 45.0 Å². The second kappa shape index (κ2) is 31.0. The number of nitrogens with one attached hydrogen (secondary N) is 6. The number of carboxylic acids is 2. The summed E-state index contributed by atoms with van der Waals surface area (Å²) in [4.78, 5) is 88.7. The molecule has 2 aromatic carbocycles. The van der Waals surface area contributed by atoms with Gasteiger partial charge in [0, 0.05) is 37.7 Å². The van der Waals surface area contributed by atoms with E-state index in [2.05, 4.69) is 52.4 Å². The van der Waals surface area contributed by atoms with Gasteiger partial charge < -0.3 is 66.9 Å². The summed E-state index contributed by atoms with van der Waals surface area (Å²) in [6, 6.07) is 7.71. The highest BCUT2D eigenvalue weighted by Crippen LogP contribution is 2.38. The van der Waals surface area contributed by atoms with Crippen LogP contribution < -0.4 is 37.0 Å². The molecule has 31 heteroatoms. The molecule has 0 spiro atoms. The molecular formula is C46H65BN12O16S2. The van der Waals surface area contributed by atoms with Gasteiger partial charge in [-0.25, -0.2) is 23.1 Å². The van der Waals surface area contributed by atoms with E-state index in [4.69, 9.17) is 14.6 Å². The number of primary sulfonamides is 1. The number of carboxylic acid groups (broad SMARTS) is 2. The zero-order valence-corrected chi connectivity index (χ0v) is 44.0. The number of phenolic OH excluding ortho intramolecular Hbond substituents is 2. The van der Waals surface area contributed by atoms with Gasteiger partial charge in [-0.3, -0.25) is 28.7 Å². The highest BCUT2D eigenvalue weighted by atomic mass is 32.2. The van der Waals surface area contributed by atoms with E-state index in [1.807, 2.05) is 6.92 Å². The molecule has 4 rings (SSSR count). The molecule has 0 aliphatic rings. The van der Waals surface area contributed by atoms with E-state index < -0.39 is 92.5 Å². The number of aryl methyl sites for hydroxylation is 2. The molecule has 0 aliphatic heterocycles. The molecule has 0 aliphatic carbocycles. The Morgan fingerprint density at radius 1 is 0.740 bits per heavy atom. The second-order valence-corrected chi connectivity index (χ2v) is 20.5. The monoisotopic (exact) mass is 1120 g/mol. The zero-order chi connectivity index (χ0) is 56.5. The van der Waals surface area contributed by atoms with Crippen molar-refractivity contribution in [3.63, 3.8) is 0 Å². The molecule has 77 heavy (non-hydrogen) atoms. The van der Waals surface area contributed by atoms with Crippen LogP contribution in [-0.4, -0.2) is 172 Å². The van der Waals surface area contributed by atoms with Gasteiger partial charge in [-0.2, -0.15) is 0 Å². The van der Waals surface area contributed by atoms with E-state index in [0.717, 1.165) is 0 Å². The minimum atomic E-state index is -4.03. The Morgan fingerprint density at radius 2 is 1.29 bits per heavy atom. The highest BCUT2D eigenvalue weighted by Gasteiger charge is 2.33. The number of ether oxygens (including phenoxy) is 2. The van der Waals surface area contributed by atoms with Crippen LogP contribution in [0.1, 0.15) is 81.5 Å². The molecule has 13 N–H and O–H groups in total. The lowest BCUT2D eigenvalue weighted by Gasteiger charge is -2.31. The second-order valence-electron chi connectivity index (χ2n) is 17.8. The molecule has 2 heterocycles. The van der Waals surface area contributed by atoms with Crippen LogP contribution in [0.2, 0.25) is 0 Å². The van der Waals surface area contributed by atoms with Gasteiger partial charge >= 0.3 is 11.9 Å². The third-order valence-electron chi connectivity index (χ3n) is 11.7. The number of hydrogen-bond acceptors (Lipinski definition) is 20. The maximum atomic E-state index is 13.4. The number of carbonyl (C=O) groups is 7. The molecule has 2 aromatic heterocycles. The third-order valence-corrected chi connectivity index (χ3v) is 13.8. The number of sulfonamides is 1. The third kappa shape index (κ3) is 22.4. The fraction of sp³-hybridized carbons (Fsp3) is 0.500. The van der Waals surface area contributed by atoms with Crippen LogP contribution in [0.15, 0.2) is 59.1 Å². The Labute approximate surface area is 447 Å². The van der Waals surface area contributed by atoms with Gasteiger partial charge in [-0.05, 0) is 80.3 Å². The topological polar surface area (TPSA) is 428 Å². The molecule has 4 aromatic rings. The molecule has 0 saturated carbocycles. The molecule has 5 amide bonds. The number of rotatable bonds is 36. The van der Waals surface area contributed by atoms with Crippen LogP contribution in [0.5, 0.6) is 11.5 Å². The van der Waals surface area contributed by atoms with E-state index >= 15 is 0 Å². The van der Waals surface area contributed by atoms with E-state index in [-0.39, 0.29) is 81.1 Å². The normalized spacial score (nSPS) is 13.1. The van der Waals surface area contributed by atoms with Crippen molar-refractivity contribution in [2.24, 2.45) is 5.14 Å². The molecular weight excluding hydrogens is 1050 g/mol. The minimum Gasteiger partial charge on any atom is -0.508 e. The lowest BCUT2D eigenvalue weighted by atomic mass is 9.73. The number of phenols is 2. The maximum absolute atomic E-state index is 13.4. The number of amides is 5. The van der Waals surface area contributed by atoms with Crippen molar-refractivity contribution in [1.29, 1.82) is 0 Å². The molecule has 28 nitrogen and oxygen atoms in total. The fourth-order valence-electron chi connectivity index (χ4n) is 7.54. The largest absolute Gasteiger partial charge is 0.508 e. The molecule has 420 valence electrons. The van der Waals surface area contributed by atoms with E-state index in [1.165, 1.54) is 32.1 Å². The van der Waals surface area contributed by atoms with Crippen molar-refractivity contribution in [1.82, 2.24) is 51.8 Å². The van der Waals surface area contributed by atoms with Crippen molar-refractivity contribution in [3.05, 3.63) is 71.5 Å². The van der Waals surface area contributed by atoms with Gasteiger partial charge in [0.25, 0.3) is 10.0 Å². The van der Waals surface area contributed by atoms with Crippen molar-refractivity contribution in [2.75, 3.05) is 44.8 Å². The number of hydrogen-bond donors (Lipinski definition) is 12. The van der Waals surface area contributed by atoms with Crippen LogP contribution in [0.4, 0.5) is 9.93 Å². The lowest BCUT2D eigenvalue weighted by molar-refractivity contribution is -0.145. The molecule has 4 atom stereocenters. The summed E-state index contributed by atoms with van der Waals surface area (Å²) >= 11 is 0.675. The first-order valence-corrected chi connectivity index (χ1v) is 26.7. The minimum absolute atomic E-state index is 0.0119. The summed E-state index contributed by atoms with van der Waals surface area (Å²) in [5, 5.41) is 85.4. The number of aliphatic hydroxyl groups is 1. The predicted octanol–water partition coefficient (Wildman–Crippen LogP) is -1.21.